The number of halogens is 2. The zero-order valence-corrected chi connectivity index (χ0v) is 8.30. The smallest absolute Gasteiger partial charge is 0.168 e. The Morgan fingerprint density at radius 3 is 2.80 bits per heavy atom. The second kappa shape index (κ2) is 4.88. The topological polar surface area (TPSA) is 71.2 Å². The van der Waals surface area contributed by atoms with E-state index in [9.17, 15) is 8.78 Å². The number of aliphatic hydroxyl groups is 1. The van der Waals surface area contributed by atoms with Crippen molar-refractivity contribution in [3.8, 4) is 0 Å². The molecule has 84 valence electrons. The predicted molar refractivity (Wildman–Crippen MR) is 53.4 cm³/mol. The van der Waals surface area contributed by atoms with Crippen LogP contribution in [0.25, 0.3) is 0 Å². The lowest BCUT2D eigenvalue weighted by Gasteiger charge is -2.08. The van der Waals surface area contributed by atoms with Gasteiger partial charge in [-0.1, -0.05) is 0 Å². The van der Waals surface area contributed by atoms with Crippen molar-refractivity contribution in [2.75, 3.05) is 17.6 Å². The second-order valence-electron chi connectivity index (χ2n) is 3.25. The Labute approximate surface area is 86.1 Å². The lowest BCUT2D eigenvalue weighted by Crippen LogP contribution is -2.12. The Hall–Kier alpha value is -1.43. The Balaban J connectivity index is 2.65. The molecular formula is C9H13F2N3O. The van der Waals surface area contributed by atoms with Gasteiger partial charge in [0.25, 0.3) is 0 Å². The van der Waals surface area contributed by atoms with Gasteiger partial charge in [-0.25, -0.2) is 13.8 Å². The zero-order chi connectivity index (χ0) is 11.4. The fourth-order valence-electron chi connectivity index (χ4n) is 1.00. The Kier molecular flexibility index (Phi) is 3.79. The number of hydrogen-bond acceptors (Lipinski definition) is 4. The van der Waals surface area contributed by atoms with E-state index in [0.717, 1.165) is 0 Å². The van der Waals surface area contributed by atoms with Gasteiger partial charge in [0.05, 0.1) is 6.10 Å². The molecule has 0 amide bonds. The average Bonchev–Trinajstić information content (AvgIpc) is 2.13. The number of aliphatic hydroxyl groups excluding tert-OH is 1. The maximum absolute atomic E-state index is 13.1. The molecule has 0 aliphatic carbocycles. The molecule has 1 unspecified atom stereocenters. The van der Waals surface area contributed by atoms with Gasteiger partial charge in [0.2, 0.25) is 0 Å². The summed E-state index contributed by atoms with van der Waals surface area (Å²) in [6.07, 6.45) is -0.0448. The Bertz CT molecular complexity index is 344. The molecule has 0 radical (unpaired) electrons. The van der Waals surface area contributed by atoms with Gasteiger partial charge in [0.1, 0.15) is 0 Å². The van der Waals surface area contributed by atoms with Gasteiger partial charge in [-0.3, -0.25) is 0 Å². The molecule has 0 fully saturated rings. The molecule has 0 spiro atoms. The molecule has 1 aromatic rings. The van der Waals surface area contributed by atoms with Crippen LogP contribution in [0.3, 0.4) is 0 Å². The number of nitrogens with one attached hydrogen (secondary N) is 1. The van der Waals surface area contributed by atoms with Gasteiger partial charge in [-0.05, 0) is 13.3 Å². The summed E-state index contributed by atoms with van der Waals surface area (Å²) >= 11 is 0. The molecule has 15 heavy (non-hydrogen) atoms. The number of aromatic nitrogens is 1. The summed E-state index contributed by atoms with van der Waals surface area (Å²) in [6.45, 7) is 1.96. The summed E-state index contributed by atoms with van der Waals surface area (Å²) in [5.41, 5.74) is 5.18. The zero-order valence-electron chi connectivity index (χ0n) is 8.30. The van der Waals surface area contributed by atoms with Crippen molar-refractivity contribution in [3.05, 3.63) is 17.7 Å². The fourth-order valence-corrected chi connectivity index (χ4v) is 1.00. The minimum atomic E-state index is -0.881. The van der Waals surface area contributed by atoms with Crippen LogP contribution < -0.4 is 11.1 Å². The minimum absolute atomic E-state index is 0.102. The number of pyridine rings is 1. The van der Waals surface area contributed by atoms with Crippen LogP contribution in [0.4, 0.5) is 20.4 Å². The summed E-state index contributed by atoms with van der Waals surface area (Å²) < 4.78 is 25.8. The number of nitrogens with zero attached hydrogens (tertiary/aromatic N) is 1. The molecule has 0 bridgehead atoms. The standard InChI is InChI=1S/C9H13F2N3O/c1-5(15)2-3-13-9-7(11)4-6(10)8(12)14-9/h4-5,15H,2-3H2,1H3,(H3,12,13,14). The molecule has 0 aliphatic heterocycles. The van der Waals surface area contributed by atoms with Gasteiger partial charge < -0.3 is 16.2 Å². The number of nitrogens with two attached hydrogens (primary N) is 1. The van der Waals surface area contributed by atoms with Crippen molar-refractivity contribution >= 4 is 11.6 Å². The van der Waals surface area contributed by atoms with Gasteiger partial charge >= 0.3 is 0 Å². The van der Waals surface area contributed by atoms with Crippen LogP contribution in [-0.2, 0) is 0 Å². The van der Waals surface area contributed by atoms with Crippen LogP contribution in [0.2, 0.25) is 0 Å². The summed E-state index contributed by atoms with van der Waals surface area (Å²) in [7, 11) is 0. The predicted octanol–water partition coefficient (Wildman–Crippen LogP) is 1.12. The summed E-state index contributed by atoms with van der Waals surface area (Å²) in [5, 5.41) is 11.6. The van der Waals surface area contributed by atoms with Crippen molar-refractivity contribution in [1.82, 2.24) is 4.98 Å². The van der Waals surface area contributed by atoms with Crippen molar-refractivity contribution in [2.45, 2.75) is 19.4 Å². The molecule has 1 atom stereocenters. The van der Waals surface area contributed by atoms with E-state index in [1.807, 2.05) is 0 Å². The van der Waals surface area contributed by atoms with Crippen LogP contribution in [-0.4, -0.2) is 22.7 Å². The lowest BCUT2D eigenvalue weighted by molar-refractivity contribution is 0.188. The number of anilines is 2. The van der Waals surface area contributed by atoms with E-state index < -0.39 is 17.7 Å². The summed E-state index contributed by atoms with van der Waals surface area (Å²) in [4.78, 5) is 3.50. The van der Waals surface area contributed by atoms with E-state index in [1.165, 1.54) is 0 Å². The number of rotatable bonds is 4. The SMILES string of the molecule is CC(O)CCNc1nc(N)c(F)cc1F. The third-order valence-electron chi connectivity index (χ3n) is 1.81. The molecule has 6 heteroatoms. The molecule has 0 aromatic carbocycles. The van der Waals surface area contributed by atoms with E-state index in [0.29, 0.717) is 19.0 Å². The first-order valence-corrected chi connectivity index (χ1v) is 4.54. The fraction of sp³-hybridized carbons (Fsp3) is 0.444. The first-order valence-electron chi connectivity index (χ1n) is 4.54. The first-order chi connectivity index (χ1) is 7.00. The molecule has 1 aromatic heterocycles. The highest BCUT2D eigenvalue weighted by atomic mass is 19.1. The van der Waals surface area contributed by atoms with E-state index >= 15 is 0 Å². The second-order valence-corrected chi connectivity index (χ2v) is 3.25. The molecule has 4 nitrogen and oxygen atoms in total. The van der Waals surface area contributed by atoms with Gasteiger partial charge in [0.15, 0.2) is 23.3 Å². The Morgan fingerprint density at radius 1 is 1.53 bits per heavy atom. The number of hydrogen-bond donors (Lipinski definition) is 3. The van der Waals surface area contributed by atoms with E-state index in [-0.39, 0.29) is 11.6 Å². The first kappa shape index (κ1) is 11.6. The largest absolute Gasteiger partial charge is 0.393 e. The summed E-state index contributed by atoms with van der Waals surface area (Å²) in [6, 6.07) is 0.674. The quantitative estimate of drug-likeness (QED) is 0.706. The van der Waals surface area contributed by atoms with Crippen molar-refractivity contribution in [2.24, 2.45) is 0 Å². The molecule has 4 N–H and O–H groups in total. The summed E-state index contributed by atoms with van der Waals surface area (Å²) in [5.74, 6) is -2.13. The van der Waals surface area contributed by atoms with Gasteiger partial charge in [-0.15, -0.1) is 0 Å². The van der Waals surface area contributed by atoms with Crippen LogP contribution in [0.15, 0.2) is 6.07 Å². The van der Waals surface area contributed by atoms with Crippen molar-refractivity contribution < 1.29 is 13.9 Å². The van der Waals surface area contributed by atoms with Crippen LogP contribution >= 0.6 is 0 Å². The molecule has 0 aliphatic rings. The van der Waals surface area contributed by atoms with Crippen LogP contribution in [0.5, 0.6) is 0 Å². The van der Waals surface area contributed by atoms with E-state index in [1.54, 1.807) is 6.92 Å². The van der Waals surface area contributed by atoms with E-state index in [4.69, 9.17) is 10.8 Å². The Morgan fingerprint density at radius 2 is 2.20 bits per heavy atom. The number of nitrogen functional groups attached to an aromatic ring is 1. The highest BCUT2D eigenvalue weighted by molar-refractivity contribution is 5.44. The van der Waals surface area contributed by atoms with Gasteiger partial charge in [0, 0.05) is 12.6 Å². The normalized spacial score (nSPS) is 12.5. The van der Waals surface area contributed by atoms with Crippen molar-refractivity contribution in [1.29, 1.82) is 0 Å². The third kappa shape index (κ3) is 3.32. The molecular weight excluding hydrogens is 204 g/mol. The monoisotopic (exact) mass is 217 g/mol. The molecule has 1 rings (SSSR count). The molecule has 0 saturated carbocycles. The van der Waals surface area contributed by atoms with E-state index in [2.05, 4.69) is 10.3 Å². The maximum atomic E-state index is 13.1. The van der Waals surface area contributed by atoms with Gasteiger partial charge in [-0.2, -0.15) is 0 Å². The van der Waals surface area contributed by atoms with Crippen molar-refractivity contribution in [3.63, 3.8) is 0 Å². The highest BCUT2D eigenvalue weighted by Crippen LogP contribution is 2.16. The third-order valence-corrected chi connectivity index (χ3v) is 1.81. The maximum Gasteiger partial charge on any atom is 0.168 e. The molecule has 1 heterocycles. The molecule has 0 saturated heterocycles. The lowest BCUT2D eigenvalue weighted by atomic mass is 10.3. The van der Waals surface area contributed by atoms with Crippen LogP contribution in [0.1, 0.15) is 13.3 Å². The highest BCUT2D eigenvalue weighted by Gasteiger charge is 2.09. The van der Waals surface area contributed by atoms with Crippen LogP contribution in [0, 0.1) is 11.6 Å². The average molecular weight is 217 g/mol. The minimum Gasteiger partial charge on any atom is -0.393 e.